The lowest BCUT2D eigenvalue weighted by Crippen LogP contribution is -2.19. The van der Waals surface area contributed by atoms with E-state index in [1.54, 1.807) is 6.92 Å². The van der Waals surface area contributed by atoms with Crippen LogP contribution in [0.2, 0.25) is 0 Å². The van der Waals surface area contributed by atoms with E-state index in [0.717, 1.165) is 25.9 Å². The Morgan fingerprint density at radius 2 is 1.74 bits per heavy atom. The average Bonchev–Trinajstić information content (AvgIpc) is 2.32. The summed E-state index contributed by atoms with van der Waals surface area (Å²) < 4.78 is 0. The van der Waals surface area contributed by atoms with Gasteiger partial charge in [-0.15, -0.1) is 0 Å². The van der Waals surface area contributed by atoms with E-state index in [4.69, 9.17) is 0 Å². The van der Waals surface area contributed by atoms with Crippen LogP contribution in [0, 0.1) is 0 Å². The number of hydrogen-bond acceptors (Lipinski definition) is 2. The average molecular weight is 261 g/mol. The molecule has 1 aromatic carbocycles. The van der Waals surface area contributed by atoms with Crippen LogP contribution < -0.4 is 5.32 Å². The van der Waals surface area contributed by atoms with E-state index < -0.39 is 0 Å². The van der Waals surface area contributed by atoms with Gasteiger partial charge >= 0.3 is 0 Å². The lowest BCUT2D eigenvalue weighted by molar-refractivity contribution is -0.117. The molecule has 0 aromatic heterocycles. The second kappa shape index (κ2) is 7.44. The standard InChI is InChI=1S/C17H27NO/c1-14(19)6-5-12-18-13-11-15-7-9-16(10-8-15)17(2,3)4/h7-10,18H,5-6,11-13H2,1-4H3. The largest absolute Gasteiger partial charge is 0.316 e. The Balaban J connectivity index is 2.25. The molecule has 0 radical (unpaired) electrons. The van der Waals surface area contributed by atoms with E-state index in [2.05, 4.69) is 50.4 Å². The summed E-state index contributed by atoms with van der Waals surface area (Å²) >= 11 is 0. The van der Waals surface area contributed by atoms with E-state index >= 15 is 0 Å². The molecule has 0 spiro atoms. The van der Waals surface area contributed by atoms with Crippen LogP contribution in [0.1, 0.15) is 51.7 Å². The van der Waals surface area contributed by atoms with Crippen LogP contribution >= 0.6 is 0 Å². The maximum atomic E-state index is 10.8. The minimum absolute atomic E-state index is 0.226. The zero-order chi connectivity index (χ0) is 14.3. The monoisotopic (exact) mass is 261 g/mol. The molecule has 0 bridgehead atoms. The molecular weight excluding hydrogens is 234 g/mol. The van der Waals surface area contributed by atoms with Gasteiger partial charge in [-0.3, -0.25) is 0 Å². The highest BCUT2D eigenvalue weighted by molar-refractivity contribution is 5.75. The molecule has 0 heterocycles. The van der Waals surface area contributed by atoms with Gasteiger partial charge in [-0.05, 0) is 49.4 Å². The van der Waals surface area contributed by atoms with E-state index in [1.165, 1.54) is 11.1 Å². The number of nitrogens with one attached hydrogen (secondary N) is 1. The quantitative estimate of drug-likeness (QED) is 0.761. The van der Waals surface area contributed by atoms with E-state index in [0.29, 0.717) is 6.42 Å². The zero-order valence-electron chi connectivity index (χ0n) is 12.8. The van der Waals surface area contributed by atoms with Crippen molar-refractivity contribution in [3.63, 3.8) is 0 Å². The summed E-state index contributed by atoms with van der Waals surface area (Å²) in [6.45, 7) is 10.3. The Morgan fingerprint density at radius 3 is 2.26 bits per heavy atom. The third-order valence-corrected chi connectivity index (χ3v) is 3.29. The summed E-state index contributed by atoms with van der Waals surface area (Å²) in [7, 11) is 0. The second-order valence-electron chi connectivity index (χ2n) is 6.25. The summed E-state index contributed by atoms with van der Waals surface area (Å²) in [5.41, 5.74) is 2.97. The number of Topliss-reactive ketones (excluding diaryl/α,β-unsaturated/α-hetero) is 1. The molecule has 1 rings (SSSR count). The number of carbonyl (C=O) groups is 1. The van der Waals surface area contributed by atoms with E-state index in [1.807, 2.05) is 0 Å². The van der Waals surface area contributed by atoms with Gasteiger partial charge in [0.05, 0.1) is 0 Å². The van der Waals surface area contributed by atoms with Crippen LogP contribution in [-0.2, 0) is 16.6 Å². The van der Waals surface area contributed by atoms with Gasteiger partial charge in [0.15, 0.2) is 0 Å². The van der Waals surface area contributed by atoms with Crippen LogP contribution in [0.4, 0.5) is 0 Å². The summed E-state index contributed by atoms with van der Waals surface area (Å²) in [6, 6.07) is 8.89. The van der Waals surface area contributed by atoms with Gasteiger partial charge in [0.2, 0.25) is 0 Å². The molecule has 1 N–H and O–H groups in total. The van der Waals surface area contributed by atoms with Crippen molar-refractivity contribution in [1.29, 1.82) is 0 Å². The molecule has 106 valence electrons. The number of ketones is 1. The lowest BCUT2D eigenvalue weighted by atomic mass is 9.86. The molecule has 0 aliphatic rings. The van der Waals surface area contributed by atoms with Crippen molar-refractivity contribution in [2.75, 3.05) is 13.1 Å². The fourth-order valence-corrected chi connectivity index (χ4v) is 1.99. The van der Waals surface area contributed by atoms with Crippen molar-refractivity contribution in [3.8, 4) is 0 Å². The summed E-state index contributed by atoms with van der Waals surface area (Å²) in [5, 5.41) is 3.38. The normalized spacial score (nSPS) is 11.6. The predicted octanol–water partition coefficient (Wildman–Crippen LogP) is 3.49. The van der Waals surface area contributed by atoms with Crippen molar-refractivity contribution in [2.24, 2.45) is 0 Å². The molecule has 0 amide bonds. The molecule has 0 atom stereocenters. The van der Waals surface area contributed by atoms with E-state index in [-0.39, 0.29) is 11.2 Å². The van der Waals surface area contributed by atoms with Crippen molar-refractivity contribution < 1.29 is 4.79 Å². The van der Waals surface area contributed by atoms with Crippen LogP contribution in [0.5, 0.6) is 0 Å². The van der Waals surface area contributed by atoms with Crippen LogP contribution in [0.3, 0.4) is 0 Å². The van der Waals surface area contributed by atoms with Gasteiger partial charge in [0.1, 0.15) is 5.78 Å². The summed E-state index contributed by atoms with van der Waals surface area (Å²) in [6.07, 6.45) is 2.68. The molecule has 2 heteroatoms. The molecule has 0 aliphatic carbocycles. The Labute approximate surface area is 117 Å². The molecule has 0 aliphatic heterocycles. The Hall–Kier alpha value is -1.15. The third kappa shape index (κ3) is 6.53. The number of benzene rings is 1. The van der Waals surface area contributed by atoms with Crippen LogP contribution in [0.25, 0.3) is 0 Å². The van der Waals surface area contributed by atoms with Crippen molar-refractivity contribution in [2.45, 2.75) is 52.4 Å². The highest BCUT2D eigenvalue weighted by atomic mass is 16.1. The fourth-order valence-electron chi connectivity index (χ4n) is 1.99. The molecular formula is C17H27NO. The lowest BCUT2D eigenvalue weighted by Gasteiger charge is -2.19. The van der Waals surface area contributed by atoms with Crippen molar-refractivity contribution in [3.05, 3.63) is 35.4 Å². The maximum Gasteiger partial charge on any atom is 0.129 e. The second-order valence-corrected chi connectivity index (χ2v) is 6.25. The third-order valence-electron chi connectivity index (χ3n) is 3.29. The summed E-state index contributed by atoms with van der Waals surface area (Å²) in [4.78, 5) is 10.8. The molecule has 2 nitrogen and oxygen atoms in total. The van der Waals surface area contributed by atoms with Crippen molar-refractivity contribution in [1.82, 2.24) is 5.32 Å². The zero-order valence-corrected chi connectivity index (χ0v) is 12.8. The first-order valence-electron chi connectivity index (χ1n) is 7.19. The van der Waals surface area contributed by atoms with Gasteiger partial charge in [-0.25, -0.2) is 0 Å². The minimum atomic E-state index is 0.226. The first-order chi connectivity index (χ1) is 8.89. The van der Waals surface area contributed by atoms with Crippen LogP contribution in [0.15, 0.2) is 24.3 Å². The molecule has 0 saturated carbocycles. The van der Waals surface area contributed by atoms with Crippen molar-refractivity contribution >= 4 is 5.78 Å². The number of rotatable bonds is 7. The first-order valence-corrected chi connectivity index (χ1v) is 7.19. The molecule has 0 saturated heterocycles. The van der Waals surface area contributed by atoms with Gasteiger partial charge in [0.25, 0.3) is 0 Å². The van der Waals surface area contributed by atoms with Gasteiger partial charge in [0, 0.05) is 6.42 Å². The predicted molar refractivity (Wildman–Crippen MR) is 81.6 cm³/mol. The summed E-state index contributed by atoms with van der Waals surface area (Å²) in [5.74, 6) is 0.277. The molecule has 19 heavy (non-hydrogen) atoms. The molecule has 0 fully saturated rings. The van der Waals surface area contributed by atoms with Gasteiger partial charge in [-0.1, -0.05) is 45.0 Å². The van der Waals surface area contributed by atoms with Gasteiger partial charge in [-0.2, -0.15) is 0 Å². The highest BCUT2D eigenvalue weighted by Gasteiger charge is 2.12. The minimum Gasteiger partial charge on any atom is -0.316 e. The Kier molecular flexibility index (Phi) is 6.23. The molecule has 0 unspecified atom stereocenters. The maximum absolute atomic E-state index is 10.8. The smallest absolute Gasteiger partial charge is 0.129 e. The number of hydrogen-bond donors (Lipinski definition) is 1. The SMILES string of the molecule is CC(=O)CCCNCCc1ccc(C(C)(C)C)cc1. The molecule has 1 aromatic rings. The Morgan fingerprint density at radius 1 is 1.11 bits per heavy atom. The highest BCUT2D eigenvalue weighted by Crippen LogP contribution is 2.22. The topological polar surface area (TPSA) is 29.1 Å². The number of carbonyl (C=O) groups excluding carboxylic acids is 1. The van der Waals surface area contributed by atoms with Crippen LogP contribution in [-0.4, -0.2) is 18.9 Å². The van der Waals surface area contributed by atoms with E-state index in [9.17, 15) is 4.79 Å². The Bertz CT molecular complexity index is 387. The van der Waals surface area contributed by atoms with Gasteiger partial charge < -0.3 is 10.1 Å². The first kappa shape index (κ1) is 15.9. The fraction of sp³-hybridized carbons (Fsp3) is 0.588.